The lowest BCUT2D eigenvalue weighted by Crippen LogP contribution is -2.46. The van der Waals surface area contributed by atoms with Gasteiger partial charge in [-0.25, -0.2) is 0 Å². The van der Waals surface area contributed by atoms with Gasteiger partial charge in [0.25, 0.3) is 0 Å². The lowest BCUT2D eigenvalue weighted by atomic mass is 10.0. The fourth-order valence-electron chi connectivity index (χ4n) is 9.18. The molecule has 0 aliphatic rings. The van der Waals surface area contributed by atoms with E-state index in [0.29, 0.717) is 19.3 Å². The van der Waals surface area contributed by atoms with E-state index in [0.717, 1.165) is 77.0 Å². The van der Waals surface area contributed by atoms with E-state index in [1.54, 1.807) is 0 Å². The van der Waals surface area contributed by atoms with Crippen molar-refractivity contribution in [1.82, 2.24) is 5.32 Å². The number of rotatable bonds is 54. The van der Waals surface area contributed by atoms with Gasteiger partial charge in [0, 0.05) is 6.42 Å². The molecule has 0 saturated carbocycles. The van der Waals surface area contributed by atoms with Crippen LogP contribution in [0.25, 0.3) is 0 Å². The average molecular weight is 943 g/mol. The Hall–Kier alpha value is -1.92. The van der Waals surface area contributed by atoms with Gasteiger partial charge in [0.1, 0.15) is 6.10 Å². The quantitative estimate of drug-likeness (QED) is 0.0244. The van der Waals surface area contributed by atoms with Crippen LogP contribution >= 0.6 is 0 Å². The Morgan fingerprint density at radius 2 is 0.761 bits per heavy atom. The number of ether oxygens (including phenoxy) is 1. The molecular formula is C61H115NO5. The second-order valence-corrected chi connectivity index (χ2v) is 20.4. The summed E-state index contributed by atoms with van der Waals surface area (Å²) in [5.74, 6) is -0.506. The van der Waals surface area contributed by atoms with Crippen molar-refractivity contribution < 1.29 is 24.5 Å². The number of aliphatic hydroxyl groups is 2. The van der Waals surface area contributed by atoms with Crippen LogP contribution in [0.15, 0.2) is 36.5 Å². The Morgan fingerprint density at radius 3 is 1.16 bits per heavy atom. The smallest absolute Gasteiger partial charge is 0.306 e. The molecule has 0 radical (unpaired) electrons. The van der Waals surface area contributed by atoms with Crippen molar-refractivity contribution in [3.8, 4) is 0 Å². The summed E-state index contributed by atoms with van der Waals surface area (Å²) in [6.45, 7) is 6.51. The highest BCUT2D eigenvalue weighted by Crippen LogP contribution is 2.18. The van der Waals surface area contributed by atoms with Crippen LogP contribution < -0.4 is 5.32 Å². The number of hydrogen-bond donors (Lipinski definition) is 3. The number of unbranched alkanes of at least 4 members (excludes halogenated alkanes) is 37. The van der Waals surface area contributed by atoms with Gasteiger partial charge >= 0.3 is 5.97 Å². The molecule has 0 aromatic heterocycles. The summed E-state index contributed by atoms with van der Waals surface area (Å²) in [6, 6.07) is -0.711. The maximum absolute atomic E-state index is 13.3. The molecule has 0 saturated heterocycles. The van der Waals surface area contributed by atoms with E-state index in [1.807, 2.05) is 0 Å². The molecule has 3 atom stereocenters. The van der Waals surface area contributed by atoms with Crippen LogP contribution in [0.3, 0.4) is 0 Å². The number of carbonyl (C=O) groups excluding carboxylic acids is 2. The zero-order chi connectivity index (χ0) is 48.8. The number of esters is 1. The minimum atomic E-state index is -0.796. The summed E-state index contributed by atoms with van der Waals surface area (Å²) in [7, 11) is 0. The number of aliphatic hydroxyl groups excluding tert-OH is 2. The van der Waals surface area contributed by atoms with Crippen LogP contribution in [0.4, 0.5) is 0 Å². The van der Waals surface area contributed by atoms with Gasteiger partial charge in [-0.05, 0) is 77.0 Å². The van der Waals surface area contributed by atoms with Gasteiger partial charge in [0.05, 0.1) is 25.2 Å². The highest BCUT2D eigenvalue weighted by atomic mass is 16.5. The van der Waals surface area contributed by atoms with E-state index in [4.69, 9.17) is 4.74 Å². The number of hydrogen-bond acceptors (Lipinski definition) is 5. The first-order valence-corrected chi connectivity index (χ1v) is 29.7. The Kier molecular flexibility index (Phi) is 53.4. The maximum atomic E-state index is 13.3. The monoisotopic (exact) mass is 942 g/mol. The van der Waals surface area contributed by atoms with Gasteiger partial charge in [0.15, 0.2) is 0 Å². The predicted molar refractivity (Wildman–Crippen MR) is 292 cm³/mol. The summed E-state index contributed by atoms with van der Waals surface area (Å²) in [6.07, 6.45) is 66.4. The Morgan fingerprint density at radius 1 is 0.433 bits per heavy atom. The third kappa shape index (κ3) is 50.3. The van der Waals surface area contributed by atoms with Gasteiger partial charge in [-0.2, -0.15) is 0 Å². The molecule has 0 aromatic carbocycles. The third-order valence-corrected chi connectivity index (χ3v) is 13.7. The second-order valence-electron chi connectivity index (χ2n) is 20.4. The second kappa shape index (κ2) is 55.0. The zero-order valence-electron chi connectivity index (χ0n) is 45.0. The number of amides is 1. The van der Waals surface area contributed by atoms with Gasteiger partial charge < -0.3 is 20.3 Å². The summed E-state index contributed by atoms with van der Waals surface area (Å²) in [5.41, 5.74) is 0. The summed E-state index contributed by atoms with van der Waals surface area (Å²) < 4.78 is 5.95. The van der Waals surface area contributed by atoms with Gasteiger partial charge in [-0.3, -0.25) is 9.59 Å². The van der Waals surface area contributed by atoms with E-state index in [2.05, 4.69) is 62.5 Å². The fourth-order valence-corrected chi connectivity index (χ4v) is 9.18. The number of carbonyl (C=O) groups is 2. The van der Waals surface area contributed by atoms with Gasteiger partial charge in [0.2, 0.25) is 5.91 Å². The first-order chi connectivity index (χ1) is 33.0. The molecule has 0 aliphatic heterocycles. The van der Waals surface area contributed by atoms with Crippen molar-refractivity contribution in [3.63, 3.8) is 0 Å². The van der Waals surface area contributed by atoms with Crippen molar-refractivity contribution >= 4 is 11.9 Å². The largest absolute Gasteiger partial charge is 0.462 e. The molecule has 394 valence electrons. The number of nitrogens with one attached hydrogen (secondary N) is 1. The SMILES string of the molecule is CCCCCCCCC/C=C/C=C/CCCCCC(=O)OC(CCCCC/C=C/CCCCCCCCCCC)CC(=O)NC(CO)C(O)CCCCCCCCCCCCCCCCCC. The van der Waals surface area contributed by atoms with Crippen LogP contribution in [0.5, 0.6) is 0 Å². The molecule has 1 amide bonds. The molecule has 0 spiro atoms. The molecule has 6 heteroatoms. The minimum absolute atomic E-state index is 0.0594. The third-order valence-electron chi connectivity index (χ3n) is 13.7. The first-order valence-electron chi connectivity index (χ1n) is 29.7. The van der Waals surface area contributed by atoms with Crippen LogP contribution in [0.1, 0.15) is 316 Å². The van der Waals surface area contributed by atoms with Gasteiger partial charge in [-0.1, -0.05) is 263 Å². The lowest BCUT2D eigenvalue weighted by molar-refractivity contribution is -0.151. The maximum Gasteiger partial charge on any atom is 0.306 e. The van der Waals surface area contributed by atoms with Crippen LogP contribution in [0, 0.1) is 0 Å². The topological polar surface area (TPSA) is 95.9 Å². The molecule has 0 aromatic rings. The lowest BCUT2D eigenvalue weighted by Gasteiger charge is -2.24. The van der Waals surface area contributed by atoms with Crippen molar-refractivity contribution in [3.05, 3.63) is 36.5 Å². The molecule has 6 nitrogen and oxygen atoms in total. The minimum Gasteiger partial charge on any atom is -0.462 e. The van der Waals surface area contributed by atoms with Crippen LogP contribution in [0.2, 0.25) is 0 Å². The standard InChI is InChI=1S/C61H115NO5/c1-4-7-10-13-16-19-22-25-28-31-34-37-40-43-46-49-52-57(67-61(66)54-51-48-45-42-39-36-33-30-27-24-21-18-15-12-9-6-3)55-60(65)62-58(56-63)59(64)53-50-47-44-41-38-35-32-29-26-23-20-17-14-11-8-5-2/h30,33-34,36-37,39,57-59,63-64H,4-29,31-32,35,38,40-56H2,1-3H3,(H,62,65)/b33-30+,37-34+,39-36+. The van der Waals surface area contributed by atoms with E-state index < -0.39 is 18.2 Å². The molecular weight excluding hydrogens is 827 g/mol. The Labute approximate surface area is 417 Å². The Balaban J connectivity index is 4.59. The molecule has 0 heterocycles. The summed E-state index contributed by atoms with van der Waals surface area (Å²) in [5, 5.41) is 23.9. The fraction of sp³-hybridized carbons (Fsp3) is 0.869. The predicted octanol–water partition coefficient (Wildman–Crippen LogP) is 18.4. The van der Waals surface area contributed by atoms with Gasteiger partial charge in [-0.15, -0.1) is 0 Å². The van der Waals surface area contributed by atoms with Crippen LogP contribution in [-0.4, -0.2) is 46.9 Å². The van der Waals surface area contributed by atoms with Crippen molar-refractivity contribution in [2.24, 2.45) is 0 Å². The van der Waals surface area contributed by atoms with E-state index in [1.165, 1.54) is 193 Å². The average Bonchev–Trinajstić information content (AvgIpc) is 3.32. The first kappa shape index (κ1) is 65.1. The molecule has 3 unspecified atom stereocenters. The molecule has 67 heavy (non-hydrogen) atoms. The number of allylic oxidation sites excluding steroid dienone is 6. The van der Waals surface area contributed by atoms with Crippen molar-refractivity contribution in [1.29, 1.82) is 0 Å². The molecule has 0 fully saturated rings. The van der Waals surface area contributed by atoms with Crippen molar-refractivity contribution in [2.45, 2.75) is 334 Å². The summed E-state index contributed by atoms with van der Waals surface area (Å²) in [4.78, 5) is 26.3. The highest BCUT2D eigenvalue weighted by Gasteiger charge is 2.24. The van der Waals surface area contributed by atoms with Crippen LogP contribution in [-0.2, 0) is 14.3 Å². The molecule has 3 N–H and O–H groups in total. The Bertz CT molecular complexity index is 1100. The van der Waals surface area contributed by atoms with E-state index in [9.17, 15) is 19.8 Å². The zero-order valence-corrected chi connectivity index (χ0v) is 45.0. The molecule has 0 aliphatic carbocycles. The van der Waals surface area contributed by atoms with E-state index in [-0.39, 0.29) is 24.9 Å². The molecule has 0 bridgehead atoms. The highest BCUT2D eigenvalue weighted by molar-refractivity contribution is 5.77. The van der Waals surface area contributed by atoms with E-state index >= 15 is 0 Å². The normalized spacial score (nSPS) is 13.3. The molecule has 0 rings (SSSR count). The summed E-state index contributed by atoms with van der Waals surface area (Å²) >= 11 is 0. The van der Waals surface area contributed by atoms with Crippen molar-refractivity contribution in [2.75, 3.05) is 6.61 Å².